The molecule has 7 nitrogen and oxygen atoms in total. The van der Waals surface area contributed by atoms with Gasteiger partial charge in [-0.05, 0) is 41.5 Å². The van der Waals surface area contributed by atoms with Crippen molar-refractivity contribution in [3.8, 4) is 0 Å². The van der Waals surface area contributed by atoms with Gasteiger partial charge in [-0.25, -0.2) is 4.79 Å². The van der Waals surface area contributed by atoms with Crippen molar-refractivity contribution in [2.45, 2.75) is 32.7 Å². The number of carboxylic acid groups (broad SMARTS) is 1. The second-order valence-corrected chi connectivity index (χ2v) is 8.58. The monoisotopic (exact) mass is 444 g/mol. The standard InChI is InChI=1S/C21H21ClN4O3S/c1-2-15-16-10-14(21(28)29)11-17(22)20(16)30-19(15)13-4-3-7-25(12-13)18(27)5-8-26-9-6-23-24-26/h4,6,9-11H,2-3,5,7-8,12H2,1H3,(H,28,29). The van der Waals surface area contributed by atoms with Crippen molar-refractivity contribution in [2.24, 2.45) is 0 Å². The molecule has 0 radical (unpaired) electrons. The largest absolute Gasteiger partial charge is 0.478 e. The Bertz CT molecular complexity index is 1140. The molecule has 2 aromatic heterocycles. The summed E-state index contributed by atoms with van der Waals surface area (Å²) in [6, 6.07) is 3.20. The molecule has 3 heterocycles. The Hall–Kier alpha value is -2.71. The van der Waals surface area contributed by atoms with Gasteiger partial charge in [0.15, 0.2) is 0 Å². The predicted molar refractivity (Wildman–Crippen MR) is 117 cm³/mol. The maximum atomic E-state index is 12.7. The van der Waals surface area contributed by atoms with Gasteiger partial charge in [-0.1, -0.05) is 29.8 Å². The Balaban J connectivity index is 1.60. The van der Waals surface area contributed by atoms with Crippen molar-refractivity contribution in [1.29, 1.82) is 0 Å². The molecule has 1 amide bonds. The second kappa shape index (κ2) is 8.57. The van der Waals surface area contributed by atoms with E-state index in [2.05, 4.69) is 23.3 Å². The van der Waals surface area contributed by atoms with E-state index in [1.807, 2.05) is 4.90 Å². The van der Waals surface area contributed by atoms with E-state index in [1.165, 1.54) is 6.07 Å². The van der Waals surface area contributed by atoms with Crippen LogP contribution in [-0.2, 0) is 17.8 Å². The minimum atomic E-state index is -0.991. The number of thiophene rings is 1. The zero-order valence-corrected chi connectivity index (χ0v) is 18.0. The lowest BCUT2D eigenvalue weighted by Gasteiger charge is -2.27. The lowest BCUT2D eigenvalue weighted by molar-refractivity contribution is -0.131. The van der Waals surface area contributed by atoms with Crippen molar-refractivity contribution >= 4 is 50.5 Å². The van der Waals surface area contributed by atoms with Gasteiger partial charge in [-0.15, -0.1) is 16.4 Å². The number of carbonyl (C=O) groups excluding carboxylic acids is 1. The first-order valence-electron chi connectivity index (χ1n) is 9.77. The molecule has 4 rings (SSSR count). The first kappa shape index (κ1) is 20.6. The Morgan fingerprint density at radius 3 is 2.87 bits per heavy atom. The molecule has 1 N–H and O–H groups in total. The molecule has 0 saturated heterocycles. The third-order valence-corrected chi connectivity index (χ3v) is 7.04. The van der Waals surface area contributed by atoms with E-state index in [4.69, 9.17) is 11.6 Å². The van der Waals surface area contributed by atoms with E-state index in [1.54, 1.807) is 34.5 Å². The Morgan fingerprint density at radius 1 is 1.33 bits per heavy atom. The molecule has 9 heteroatoms. The number of halogens is 1. The smallest absolute Gasteiger partial charge is 0.335 e. The summed E-state index contributed by atoms with van der Waals surface area (Å²) in [5.41, 5.74) is 2.37. The number of hydrogen-bond acceptors (Lipinski definition) is 5. The van der Waals surface area contributed by atoms with Gasteiger partial charge in [-0.2, -0.15) is 0 Å². The number of aromatic carboxylic acids is 1. The van der Waals surface area contributed by atoms with Crippen LogP contribution in [0.5, 0.6) is 0 Å². The highest BCUT2D eigenvalue weighted by atomic mass is 35.5. The third-order valence-electron chi connectivity index (χ3n) is 5.27. The lowest BCUT2D eigenvalue weighted by atomic mass is 10.00. The number of aryl methyl sites for hydroxylation is 2. The molecule has 0 aliphatic carbocycles. The minimum absolute atomic E-state index is 0.0847. The van der Waals surface area contributed by atoms with Crippen LogP contribution in [-0.4, -0.2) is 50.0 Å². The number of carbonyl (C=O) groups is 2. The summed E-state index contributed by atoms with van der Waals surface area (Å²) in [6.45, 7) is 3.79. The molecule has 1 aliphatic rings. The number of amides is 1. The fraction of sp³-hybridized carbons (Fsp3) is 0.333. The minimum Gasteiger partial charge on any atom is -0.478 e. The first-order valence-corrected chi connectivity index (χ1v) is 11.0. The van der Waals surface area contributed by atoms with E-state index < -0.39 is 5.97 Å². The topological polar surface area (TPSA) is 88.3 Å². The SMILES string of the molecule is CCc1c(C2=CCCN(C(=O)CCn3ccnn3)C2)sc2c(Cl)cc(C(=O)O)cc12. The zero-order chi connectivity index (χ0) is 21.3. The van der Waals surface area contributed by atoms with Crippen LogP contribution >= 0.6 is 22.9 Å². The maximum Gasteiger partial charge on any atom is 0.335 e. The summed E-state index contributed by atoms with van der Waals surface area (Å²) in [7, 11) is 0. The summed E-state index contributed by atoms with van der Waals surface area (Å²) in [4.78, 5) is 27.1. The van der Waals surface area contributed by atoms with Crippen molar-refractivity contribution < 1.29 is 14.7 Å². The molecule has 3 aromatic rings. The highest BCUT2D eigenvalue weighted by molar-refractivity contribution is 7.21. The molecule has 0 fully saturated rings. The van der Waals surface area contributed by atoms with Gasteiger partial charge in [-0.3, -0.25) is 9.48 Å². The van der Waals surface area contributed by atoms with Gasteiger partial charge in [0.2, 0.25) is 5.91 Å². The van der Waals surface area contributed by atoms with Gasteiger partial charge >= 0.3 is 5.97 Å². The summed E-state index contributed by atoms with van der Waals surface area (Å²) in [5, 5.41) is 18.4. The van der Waals surface area contributed by atoms with E-state index in [0.29, 0.717) is 31.1 Å². The van der Waals surface area contributed by atoms with Crippen LogP contribution in [0.25, 0.3) is 15.7 Å². The number of hydrogen-bond donors (Lipinski definition) is 1. The third kappa shape index (κ3) is 3.97. The molecule has 0 spiro atoms. The second-order valence-electron chi connectivity index (χ2n) is 7.15. The normalized spacial score (nSPS) is 14.2. The fourth-order valence-electron chi connectivity index (χ4n) is 3.78. The van der Waals surface area contributed by atoms with E-state index >= 15 is 0 Å². The van der Waals surface area contributed by atoms with Gasteiger partial charge in [0.1, 0.15) is 0 Å². The highest BCUT2D eigenvalue weighted by Gasteiger charge is 2.24. The molecule has 1 aromatic carbocycles. The summed E-state index contributed by atoms with van der Waals surface area (Å²) >= 11 is 7.98. The summed E-state index contributed by atoms with van der Waals surface area (Å²) in [5.74, 6) is -0.906. The van der Waals surface area contributed by atoms with Gasteiger partial charge < -0.3 is 10.0 Å². The predicted octanol–water partition coefficient (Wildman–Crippen LogP) is 4.11. The number of rotatable bonds is 6. The molecule has 0 unspecified atom stereocenters. The van der Waals surface area contributed by atoms with Crippen LogP contribution in [0.1, 0.15) is 40.6 Å². The number of benzene rings is 1. The van der Waals surface area contributed by atoms with Crippen LogP contribution in [0.15, 0.2) is 30.6 Å². The number of fused-ring (bicyclic) bond motifs is 1. The Kier molecular flexibility index (Phi) is 5.87. The maximum absolute atomic E-state index is 12.7. The number of aromatic nitrogens is 3. The van der Waals surface area contributed by atoms with Crippen molar-refractivity contribution in [3.63, 3.8) is 0 Å². The molecular formula is C21H21ClN4O3S. The zero-order valence-electron chi connectivity index (χ0n) is 16.5. The van der Waals surface area contributed by atoms with Crippen molar-refractivity contribution in [3.05, 3.63) is 51.6 Å². The van der Waals surface area contributed by atoms with E-state index in [0.717, 1.165) is 38.9 Å². The van der Waals surface area contributed by atoms with Crippen LogP contribution in [0, 0.1) is 0 Å². The van der Waals surface area contributed by atoms with Crippen molar-refractivity contribution in [1.82, 2.24) is 19.9 Å². The van der Waals surface area contributed by atoms with Gasteiger partial charge in [0, 0.05) is 30.6 Å². The summed E-state index contributed by atoms with van der Waals surface area (Å²) in [6.07, 6.45) is 7.44. The Morgan fingerprint density at radius 2 is 2.17 bits per heavy atom. The Labute approximate surface area is 182 Å². The lowest BCUT2D eigenvalue weighted by Crippen LogP contribution is -2.35. The van der Waals surface area contributed by atoms with Crippen molar-refractivity contribution in [2.75, 3.05) is 13.1 Å². The van der Waals surface area contributed by atoms with E-state index in [9.17, 15) is 14.7 Å². The van der Waals surface area contributed by atoms with Crippen LogP contribution < -0.4 is 0 Å². The molecule has 0 saturated carbocycles. The summed E-state index contributed by atoms with van der Waals surface area (Å²) < 4.78 is 2.55. The van der Waals surface area contributed by atoms with Gasteiger partial charge in [0.25, 0.3) is 0 Å². The molecule has 30 heavy (non-hydrogen) atoms. The van der Waals surface area contributed by atoms with Crippen LogP contribution in [0.4, 0.5) is 0 Å². The molecular weight excluding hydrogens is 424 g/mol. The molecule has 156 valence electrons. The highest BCUT2D eigenvalue weighted by Crippen LogP contribution is 2.41. The molecule has 1 aliphatic heterocycles. The molecule has 0 atom stereocenters. The fourth-order valence-corrected chi connectivity index (χ4v) is 5.43. The number of carboxylic acids is 1. The van der Waals surface area contributed by atoms with Crippen LogP contribution in [0.2, 0.25) is 5.02 Å². The van der Waals surface area contributed by atoms with Gasteiger partial charge in [0.05, 0.1) is 28.0 Å². The first-order chi connectivity index (χ1) is 14.5. The van der Waals surface area contributed by atoms with E-state index in [-0.39, 0.29) is 11.5 Å². The molecule has 0 bridgehead atoms. The average molecular weight is 445 g/mol. The number of nitrogens with zero attached hydrogens (tertiary/aromatic N) is 4. The quantitative estimate of drug-likeness (QED) is 0.618. The van der Waals surface area contributed by atoms with Crippen LogP contribution in [0.3, 0.4) is 0 Å². The average Bonchev–Trinajstić information content (AvgIpc) is 3.39.